The lowest BCUT2D eigenvalue weighted by atomic mass is 9.77. The van der Waals surface area contributed by atoms with Crippen LogP contribution in [0.4, 0.5) is 0 Å². The van der Waals surface area contributed by atoms with E-state index in [4.69, 9.17) is 16.3 Å². The van der Waals surface area contributed by atoms with Gasteiger partial charge < -0.3 is 4.74 Å². The number of benzene rings is 2. The SMILES string of the molecule is COC(=O)[C@@]12CCCN1[C@H](c1ccc(-c3cccc(Cl)c3)cc1)[C@H]1C(=O)N(C)C(=O)[C@H]12. The number of ether oxygens (including phenoxy) is 1. The predicted octanol–water partition coefficient (Wildman–Crippen LogP) is 3.30. The molecule has 7 heteroatoms. The van der Waals surface area contributed by atoms with Crippen LogP contribution >= 0.6 is 11.6 Å². The van der Waals surface area contributed by atoms with E-state index in [2.05, 4.69) is 0 Å². The van der Waals surface area contributed by atoms with Crippen LogP contribution in [0.15, 0.2) is 48.5 Å². The minimum atomic E-state index is -1.08. The topological polar surface area (TPSA) is 66.9 Å². The molecule has 2 aromatic carbocycles. The smallest absolute Gasteiger partial charge is 0.327 e. The molecule has 3 aliphatic rings. The van der Waals surface area contributed by atoms with Crippen LogP contribution in [0.1, 0.15) is 24.4 Å². The van der Waals surface area contributed by atoms with Crippen molar-refractivity contribution in [3.8, 4) is 11.1 Å². The summed E-state index contributed by atoms with van der Waals surface area (Å²) >= 11 is 6.13. The highest BCUT2D eigenvalue weighted by molar-refractivity contribution is 6.30. The fourth-order valence-corrected chi connectivity index (χ4v) is 6.07. The van der Waals surface area contributed by atoms with Gasteiger partial charge in [0, 0.05) is 18.1 Å². The molecule has 0 saturated carbocycles. The quantitative estimate of drug-likeness (QED) is 0.543. The van der Waals surface area contributed by atoms with Gasteiger partial charge in [-0.1, -0.05) is 48.0 Å². The average molecular weight is 439 g/mol. The van der Waals surface area contributed by atoms with Crippen LogP contribution in [0.3, 0.4) is 0 Å². The lowest BCUT2D eigenvalue weighted by Gasteiger charge is -2.35. The second-order valence-electron chi connectivity index (χ2n) is 8.53. The zero-order chi connectivity index (χ0) is 21.9. The summed E-state index contributed by atoms with van der Waals surface area (Å²) in [5.41, 5.74) is 1.85. The minimum absolute atomic E-state index is 0.225. The van der Waals surface area contributed by atoms with Crippen molar-refractivity contribution in [2.24, 2.45) is 11.8 Å². The number of hydrogen-bond acceptors (Lipinski definition) is 5. The van der Waals surface area contributed by atoms with Gasteiger partial charge in [0.25, 0.3) is 0 Å². The molecule has 0 spiro atoms. The van der Waals surface area contributed by atoms with Gasteiger partial charge in [0.1, 0.15) is 5.54 Å². The Kier molecular flexibility index (Phi) is 4.68. The summed E-state index contributed by atoms with van der Waals surface area (Å²) < 4.78 is 5.16. The first-order valence-corrected chi connectivity index (χ1v) is 10.8. The Hall–Kier alpha value is -2.70. The summed E-state index contributed by atoms with van der Waals surface area (Å²) in [5.74, 6) is -2.23. The number of amides is 2. The van der Waals surface area contributed by atoms with Crippen LogP contribution in [0.5, 0.6) is 0 Å². The fraction of sp³-hybridized carbons (Fsp3) is 0.375. The molecular weight excluding hydrogens is 416 g/mol. The molecule has 3 heterocycles. The van der Waals surface area contributed by atoms with Crippen molar-refractivity contribution < 1.29 is 19.1 Å². The highest BCUT2D eigenvalue weighted by Crippen LogP contribution is 2.59. The summed E-state index contributed by atoms with van der Waals surface area (Å²) in [5, 5.41) is 0.665. The number of imide groups is 1. The second-order valence-corrected chi connectivity index (χ2v) is 8.97. The third-order valence-corrected chi connectivity index (χ3v) is 7.42. The Morgan fingerprint density at radius 3 is 2.52 bits per heavy atom. The number of esters is 1. The Balaban J connectivity index is 1.59. The predicted molar refractivity (Wildman–Crippen MR) is 115 cm³/mol. The molecule has 0 aliphatic carbocycles. The van der Waals surface area contributed by atoms with Crippen LogP contribution < -0.4 is 0 Å². The van der Waals surface area contributed by atoms with Gasteiger partial charge in [-0.15, -0.1) is 0 Å². The molecular formula is C24H23ClN2O4. The van der Waals surface area contributed by atoms with Crippen molar-refractivity contribution >= 4 is 29.4 Å². The Morgan fingerprint density at radius 2 is 1.84 bits per heavy atom. The molecule has 0 N–H and O–H groups in total. The Labute approximate surface area is 185 Å². The zero-order valence-electron chi connectivity index (χ0n) is 17.4. The van der Waals surface area contributed by atoms with Gasteiger partial charge in [0.15, 0.2) is 0 Å². The third kappa shape index (κ3) is 2.71. The number of carbonyl (C=O) groups is 3. The van der Waals surface area contributed by atoms with Gasteiger partial charge >= 0.3 is 5.97 Å². The monoisotopic (exact) mass is 438 g/mol. The van der Waals surface area contributed by atoms with Gasteiger partial charge in [-0.05, 0) is 48.2 Å². The molecule has 0 aromatic heterocycles. The van der Waals surface area contributed by atoms with Gasteiger partial charge in [0.05, 0.1) is 18.9 Å². The highest BCUT2D eigenvalue weighted by Gasteiger charge is 2.72. The molecule has 5 rings (SSSR count). The van der Waals surface area contributed by atoms with Crippen LogP contribution in [-0.4, -0.2) is 53.8 Å². The van der Waals surface area contributed by atoms with E-state index in [1.165, 1.54) is 19.1 Å². The highest BCUT2D eigenvalue weighted by atomic mass is 35.5. The molecule has 4 atom stereocenters. The third-order valence-electron chi connectivity index (χ3n) is 7.18. The first kappa shape index (κ1) is 20.2. The molecule has 160 valence electrons. The van der Waals surface area contributed by atoms with E-state index in [0.29, 0.717) is 18.0 Å². The number of rotatable bonds is 3. The van der Waals surface area contributed by atoms with E-state index in [1.54, 1.807) is 0 Å². The summed E-state index contributed by atoms with van der Waals surface area (Å²) in [4.78, 5) is 42.4. The number of fused-ring (bicyclic) bond motifs is 3. The van der Waals surface area contributed by atoms with E-state index in [-0.39, 0.29) is 17.9 Å². The molecule has 0 bridgehead atoms. The van der Waals surface area contributed by atoms with Gasteiger partial charge in [-0.25, -0.2) is 0 Å². The number of likely N-dealkylation sites (tertiary alicyclic amines) is 1. The molecule has 2 amide bonds. The van der Waals surface area contributed by atoms with Crippen LogP contribution in [0.2, 0.25) is 5.02 Å². The van der Waals surface area contributed by atoms with Crippen LogP contribution in [0.25, 0.3) is 11.1 Å². The molecule has 6 nitrogen and oxygen atoms in total. The summed E-state index contributed by atoms with van der Waals surface area (Å²) in [6, 6.07) is 15.2. The van der Waals surface area contributed by atoms with E-state index >= 15 is 0 Å². The maximum atomic E-state index is 13.1. The van der Waals surface area contributed by atoms with Crippen molar-refractivity contribution in [3.05, 3.63) is 59.1 Å². The zero-order valence-corrected chi connectivity index (χ0v) is 18.1. The summed E-state index contributed by atoms with van der Waals surface area (Å²) in [7, 11) is 2.85. The molecule has 0 radical (unpaired) electrons. The maximum Gasteiger partial charge on any atom is 0.327 e. The van der Waals surface area contributed by atoms with Crippen molar-refractivity contribution in [3.63, 3.8) is 0 Å². The number of hydrogen-bond donors (Lipinski definition) is 0. The molecule has 3 aliphatic heterocycles. The number of carbonyl (C=O) groups excluding carboxylic acids is 3. The van der Waals surface area contributed by atoms with Crippen molar-refractivity contribution in [2.45, 2.75) is 24.4 Å². The fourth-order valence-electron chi connectivity index (χ4n) is 5.88. The first-order valence-electron chi connectivity index (χ1n) is 10.4. The summed E-state index contributed by atoms with van der Waals surface area (Å²) in [6.07, 6.45) is 1.30. The van der Waals surface area contributed by atoms with Gasteiger partial charge in [-0.2, -0.15) is 0 Å². The van der Waals surface area contributed by atoms with Crippen LogP contribution in [0, 0.1) is 11.8 Å². The van der Waals surface area contributed by atoms with E-state index < -0.39 is 23.3 Å². The number of halogens is 1. The van der Waals surface area contributed by atoms with Gasteiger partial charge in [-0.3, -0.25) is 24.2 Å². The molecule has 3 fully saturated rings. The lowest BCUT2D eigenvalue weighted by molar-refractivity contribution is -0.158. The van der Waals surface area contributed by atoms with Crippen molar-refractivity contribution in [1.29, 1.82) is 0 Å². The van der Waals surface area contributed by atoms with E-state index in [9.17, 15) is 14.4 Å². The minimum Gasteiger partial charge on any atom is -0.468 e. The standard InChI is InChI=1S/C24H23ClN2O4/c1-26-21(28)18-19(22(26)29)24(23(30)31-2)11-4-12-27(24)20(18)15-9-7-14(8-10-15)16-5-3-6-17(25)13-16/h3,5-10,13,18-20H,4,11-12H2,1-2H3/t18-,19-,20+,24-/m0/s1. The Morgan fingerprint density at radius 1 is 1.10 bits per heavy atom. The molecule has 3 saturated heterocycles. The summed E-state index contributed by atoms with van der Waals surface area (Å²) in [6.45, 7) is 0.646. The first-order chi connectivity index (χ1) is 14.9. The number of methoxy groups -OCH3 is 1. The van der Waals surface area contributed by atoms with Crippen LogP contribution in [-0.2, 0) is 19.1 Å². The molecule has 2 aromatic rings. The normalized spacial score (nSPS) is 29.9. The molecule has 0 unspecified atom stereocenters. The molecule has 31 heavy (non-hydrogen) atoms. The van der Waals surface area contributed by atoms with E-state index in [1.807, 2.05) is 53.4 Å². The maximum absolute atomic E-state index is 13.1. The average Bonchev–Trinajstić information content (AvgIpc) is 3.39. The van der Waals surface area contributed by atoms with E-state index in [0.717, 1.165) is 23.1 Å². The largest absolute Gasteiger partial charge is 0.468 e. The van der Waals surface area contributed by atoms with Crippen molar-refractivity contribution in [1.82, 2.24) is 9.80 Å². The lowest BCUT2D eigenvalue weighted by Crippen LogP contribution is -2.54. The number of nitrogens with zero attached hydrogens (tertiary/aromatic N) is 2. The Bertz CT molecular complexity index is 1090. The second kappa shape index (κ2) is 7.18. The van der Waals surface area contributed by atoms with Gasteiger partial charge in [0.2, 0.25) is 11.8 Å². The van der Waals surface area contributed by atoms with Crippen molar-refractivity contribution in [2.75, 3.05) is 20.7 Å².